The lowest BCUT2D eigenvalue weighted by Gasteiger charge is -2.22. The van der Waals surface area contributed by atoms with E-state index in [0.29, 0.717) is 12.1 Å². The number of benzene rings is 1. The van der Waals surface area contributed by atoms with Crippen molar-refractivity contribution in [3.05, 3.63) is 35.1 Å². The van der Waals surface area contributed by atoms with Gasteiger partial charge < -0.3 is 10.8 Å². The first-order valence-electron chi connectivity index (χ1n) is 4.19. The van der Waals surface area contributed by atoms with E-state index in [1.807, 2.05) is 0 Å². The summed E-state index contributed by atoms with van der Waals surface area (Å²) in [6.07, 6.45) is 0. The van der Waals surface area contributed by atoms with E-state index >= 15 is 0 Å². The lowest BCUT2D eigenvalue weighted by Crippen LogP contribution is -2.37. The highest BCUT2D eigenvalue weighted by atomic mass is 19.3. The van der Waals surface area contributed by atoms with Gasteiger partial charge in [0.05, 0.1) is 0 Å². The number of rotatable bonds is 3. The molecule has 0 aliphatic heterocycles. The van der Waals surface area contributed by atoms with Crippen LogP contribution < -0.4 is 5.73 Å². The number of hydrogen-bond donors (Lipinski definition) is 2. The van der Waals surface area contributed by atoms with Gasteiger partial charge in [0.2, 0.25) is 0 Å². The van der Waals surface area contributed by atoms with E-state index < -0.39 is 41.6 Å². The third kappa shape index (κ3) is 2.14. The molecule has 1 aromatic carbocycles. The van der Waals surface area contributed by atoms with E-state index in [4.69, 9.17) is 10.8 Å². The molecule has 0 heterocycles. The van der Waals surface area contributed by atoms with Crippen molar-refractivity contribution in [3.63, 3.8) is 0 Å². The Kier molecular flexibility index (Phi) is 3.49. The molecule has 90 valence electrons. The minimum atomic E-state index is -3.94. The standard InChI is InChI=1S/C9H8F5NO/c10-4-1-2-5(11)7(12)6(4)8(15)9(13,14)3-16/h1-2,8,16H,3,15H2/t8-/m0/s1. The summed E-state index contributed by atoms with van der Waals surface area (Å²) in [4.78, 5) is 0. The molecule has 0 aliphatic rings. The van der Waals surface area contributed by atoms with Crippen LogP contribution in [0.15, 0.2) is 12.1 Å². The van der Waals surface area contributed by atoms with E-state index in [1.165, 1.54) is 0 Å². The molecule has 1 rings (SSSR count). The number of aliphatic hydroxyl groups excluding tert-OH is 1. The highest BCUT2D eigenvalue weighted by Crippen LogP contribution is 2.32. The van der Waals surface area contributed by atoms with Gasteiger partial charge in [-0.3, -0.25) is 0 Å². The first-order valence-corrected chi connectivity index (χ1v) is 4.19. The Morgan fingerprint density at radius 1 is 1.19 bits per heavy atom. The average Bonchev–Trinajstić information content (AvgIpc) is 2.24. The molecule has 7 heteroatoms. The second-order valence-corrected chi connectivity index (χ2v) is 3.15. The van der Waals surface area contributed by atoms with Crippen LogP contribution >= 0.6 is 0 Å². The number of nitrogens with two attached hydrogens (primary N) is 1. The van der Waals surface area contributed by atoms with Crippen molar-refractivity contribution in [2.45, 2.75) is 12.0 Å². The summed E-state index contributed by atoms with van der Waals surface area (Å²) in [6, 6.07) is -1.51. The van der Waals surface area contributed by atoms with E-state index in [1.54, 1.807) is 0 Å². The van der Waals surface area contributed by atoms with Crippen molar-refractivity contribution in [2.75, 3.05) is 6.61 Å². The van der Waals surface area contributed by atoms with Crippen LogP contribution in [0.5, 0.6) is 0 Å². The summed E-state index contributed by atoms with van der Waals surface area (Å²) in [6.45, 7) is -1.69. The zero-order valence-corrected chi connectivity index (χ0v) is 7.85. The minimum absolute atomic E-state index is 0.456. The molecule has 2 nitrogen and oxygen atoms in total. The smallest absolute Gasteiger partial charge is 0.289 e. The van der Waals surface area contributed by atoms with Crippen LogP contribution in [0.25, 0.3) is 0 Å². The predicted molar refractivity (Wildman–Crippen MR) is 45.3 cm³/mol. The number of alkyl halides is 2. The van der Waals surface area contributed by atoms with E-state index in [0.717, 1.165) is 0 Å². The molecule has 0 radical (unpaired) electrons. The van der Waals surface area contributed by atoms with Crippen molar-refractivity contribution in [1.29, 1.82) is 0 Å². The maximum absolute atomic E-state index is 13.1. The Labute approximate surface area is 87.5 Å². The summed E-state index contributed by atoms with van der Waals surface area (Å²) in [5.74, 6) is -8.59. The molecule has 3 N–H and O–H groups in total. The van der Waals surface area contributed by atoms with Gasteiger partial charge in [0, 0.05) is 5.56 Å². The van der Waals surface area contributed by atoms with Crippen LogP contribution in [0.2, 0.25) is 0 Å². The lowest BCUT2D eigenvalue weighted by molar-refractivity contribution is -0.0727. The molecule has 0 bridgehead atoms. The molecule has 0 saturated heterocycles. The third-order valence-corrected chi connectivity index (χ3v) is 2.06. The largest absolute Gasteiger partial charge is 0.390 e. The Hall–Kier alpha value is -1.21. The second-order valence-electron chi connectivity index (χ2n) is 3.15. The fraction of sp³-hybridized carbons (Fsp3) is 0.333. The fourth-order valence-electron chi connectivity index (χ4n) is 1.14. The molecule has 0 fully saturated rings. The zero-order valence-electron chi connectivity index (χ0n) is 7.85. The van der Waals surface area contributed by atoms with Gasteiger partial charge in [-0.2, -0.15) is 0 Å². The van der Waals surface area contributed by atoms with Crippen LogP contribution in [0.4, 0.5) is 22.0 Å². The summed E-state index contributed by atoms with van der Waals surface area (Å²) < 4.78 is 64.6. The molecule has 0 unspecified atom stereocenters. The molecule has 0 aromatic heterocycles. The normalized spacial score (nSPS) is 13.9. The van der Waals surface area contributed by atoms with Crippen molar-refractivity contribution in [1.82, 2.24) is 0 Å². The van der Waals surface area contributed by atoms with Gasteiger partial charge in [0.15, 0.2) is 11.6 Å². The first kappa shape index (κ1) is 12.9. The van der Waals surface area contributed by atoms with E-state index in [-0.39, 0.29) is 0 Å². The molecule has 0 amide bonds. The molecule has 1 atom stereocenters. The number of aliphatic hydroxyl groups is 1. The molecule has 0 aliphatic carbocycles. The van der Waals surface area contributed by atoms with Gasteiger partial charge in [-0.05, 0) is 12.1 Å². The van der Waals surface area contributed by atoms with Crippen molar-refractivity contribution in [3.8, 4) is 0 Å². The van der Waals surface area contributed by atoms with Gasteiger partial charge in [0.25, 0.3) is 5.92 Å². The predicted octanol–water partition coefficient (Wildman–Crippen LogP) is 1.73. The summed E-state index contributed by atoms with van der Waals surface area (Å²) in [5.41, 5.74) is 3.62. The molecular formula is C9H8F5NO. The highest BCUT2D eigenvalue weighted by Gasteiger charge is 2.40. The van der Waals surface area contributed by atoms with Crippen LogP contribution in [-0.4, -0.2) is 17.6 Å². The quantitative estimate of drug-likeness (QED) is 0.625. The molecular weight excluding hydrogens is 233 g/mol. The van der Waals surface area contributed by atoms with Gasteiger partial charge in [-0.1, -0.05) is 0 Å². The van der Waals surface area contributed by atoms with Gasteiger partial charge >= 0.3 is 0 Å². The number of hydrogen-bond acceptors (Lipinski definition) is 2. The van der Waals surface area contributed by atoms with Crippen LogP contribution in [-0.2, 0) is 0 Å². The first-order chi connectivity index (χ1) is 7.31. The Morgan fingerprint density at radius 3 is 2.19 bits per heavy atom. The number of halogens is 5. The minimum Gasteiger partial charge on any atom is -0.390 e. The maximum Gasteiger partial charge on any atom is 0.289 e. The van der Waals surface area contributed by atoms with E-state index in [2.05, 4.69) is 0 Å². The SMILES string of the molecule is N[C@@H](c1c(F)ccc(F)c1F)C(F)(F)CO. The summed E-state index contributed by atoms with van der Waals surface area (Å²) in [7, 11) is 0. The van der Waals surface area contributed by atoms with Crippen molar-refractivity contribution < 1.29 is 27.1 Å². The molecule has 0 saturated carbocycles. The molecule has 16 heavy (non-hydrogen) atoms. The Balaban J connectivity index is 3.28. The summed E-state index contributed by atoms with van der Waals surface area (Å²) >= 11 is 0. The Bertz CT molecular complexity index is 396. The van der Waals surface area contributed by atoms with Crippen molar-refractivity contribution >= 4 is 0 Å². The topological polar surface area (TPSA) is 46.2 Å². The monoisotopic (exact) mass is 241 g/mol. The highest BCUT2D eigenvalue weighted by molar-refractivity contribution is 5.26. The second kappa shape index (κ2) is 4.34. The van der Waals surface area contributed by atoms with Crippen LogP contribution in [0.1, 0.15) is 11.6 Å². The third-order valence-electron chi connectivity index (χ3n) is 2.06. The summed E-state index contributed by atoms with van der Waals surface area (Å²) in [5, 5.41) is 8.31. The zero-order chi connectivity index (χ0) is 12.5. The lowest BCUT2D eigenvalue weighted by atomic mass is 10.0. The van der Waals surface area contributed by atoms with Crippen molar-refractivity contribution in [2.24, 2.45) is 5.73 Å². The van der Waals surface area contributed by atoms with Crippen LogP contribution in [0.3, 0.4) is 0 Å². The van der Waals surface area contributed by atoms with Gasteiger partial charge in [0.1, 0.15) is 18.5 Å². The maximum atomic E-state index is 13.1. The van der Waals surface area contributed by atoms with Gasteiger partial charge in [-0.25, -0.2) is 22.0 Å². The fourth-order valence-corrected chi connectivity index (χ4v) is 1.14. The van der Waals surface area contributed by atoms with Gasteiger partial charge in [-0.15, -0.1) is 0 Å². The van der Waals surface area contributed by atoms with E-state index in [9.17, 15) is 22.0 Å². The Morgan fingerprint density at radius 2 is 1.69 bits per heavy atom. The molecule has 0 spiro atoms. The molecule has 1 aromatic rings. The average molecular weight is 241 g/mol. The van der Waals surface area contributed by atoms with Crippen LogP contribution in [0, 0.1) is 17.5 Å².